The van der Waals surface area contributed by atoms with Gasteiger partial charge in [0.1, 0.15) is 10.6 Å². The molecule has 0 aliphatic heterocycles. The zero-order valence-corrected chi connectivity index (χ0v) is 15.2. The van der Waals surface area contributed by atoms with Gasteiger partial charge in [-0.3, -0.25) is 4.10 Å². The first-order valence-electron chi connectivity index (χ1n) is 7.85. The van der Waals surface area contributed by atoms with Crippen molar-refractivity contribution >= 4 is 40.0 Å². The Morgan fingerprint density at radius 3 is 2.35 bits per heavy atom. The standard InChI is InChI=1S/C18H18BN2O4S/c1-21(2)16-10-5-8-14-13(16)7-6-12-18(14)26(22,23)25-19-24-17-11-4-3-9-15(17)20/h3-12H,20H2,1-2H3. The Morgan fingerprint density at radius 2 is 1.62 bits per heavy atom. The van der Waals surface area contributed by atoms with E-state index in [-0.39, 0.29) is 4.90 Å². The van der Waals surface area contributed by atoms with Crippen molar-refractivity contribution in [3.05, 3.63) is 60.7 Å². The van der Waals surface area contributed by atoms with Crippen LogP contribution in [0.4, 0.5) is 11.4 Å². The molecular formula is C18H18BN2O4S. The van der Waals surface area contributed by atoms with Crippen molar-refractivity contribution < 1.29 is 17.2 Å². The van der Waals surface area contributed by atoms with Crippen LogP contribution in [0.1, 0.15) is 0 Å². The second-order valence-corrected chi connectivity index (χ2v) is 7.37. The van der Waals surface area contributed by atoms with Gasteiger partial charge in [-0.05, 0) is 24.3 Å². The zero-order valence-electron chi connectivity index (χ0n) is 14.4. The van der Waals surface area contributed by atoms with Gasteiger partial charge < -0.3 is 15.3 Å². The molecule has 0 amide bonds. The molecule has 1 radical (unpaired) electrons. The third-order valence-corrected chi connectivity index (χ3v) is 5.10. The van der Waals surface area contributed by atoms with E-state index in [1.165, 1.54) is 6.07 Å². The molecule has 26 heavy (non-hydrogen) atoms. The van der Waals surface area contributed by atoms with E-state index in [1.807, 2.05) is 37.2 Å². The predicted octanol–water partition coefficient (Wildman–Crippen LogP) is 2.81. The van der Waals surface area contributed by atoms with Gasteiger partial charge in [0, 0.05) is 30.6 Å². The van der Waals surface area contributed by atoms with E-state index in [2.05, 4.69) is 0 Å². The molecule has 0 aromatic heterocycles. The summed E-state index contributed by atoms with van der Waals surface area (Å²) in [6, 6.07) is 17.3. The Balaban J connectivity index is 1.88. The molecule has 133 valence electrons. The Bertz CT molecular complexity index is 1040. The van der Waals surface area contributed by atoms with Gasteiger partial charge in [-0.25, -0.2) is 0 Å². The summed E-state index contributed by atoms with van der Waals surface area (Å²) in [7, 11) is 0.523. The molecule has 3 aromatic carbocycles. The van der Waals surface area contributed by atoms with Crippen molar-refractivity contribution in [1.82, 2.24) is 0 Å². The lowest BCUT2D eigenvalue weighted by molar-refractivity contribution is 0.441. The third kappa shape index (κ3) is 3.61. The molecule has 0 bridgehead atoms. The molecule has 3 rings (SSSR count). The topological polar surface area (TPSA) is 81.9 Å². The average Bonchev–Trinajstić information content (AvgIpc) is 2.62. The van der Waals surface area contributed by atoms with Crippen LogP contribution in [-0.4, -0.2) is 30.2 Å². The molecule has 0 saturated heterocycles. The van der Waals surface area contributed by atoms with Gasteiger partial charge in [0.15, 0.2) is 0 Å². The first-order chi connectivity index (χ1) is 12.4. The molecule has 6 nitrogen and oxygen atoms in total. The summed E-state index contributed by atoms with van der Waals surface area (Å²) >= 11 is 0. The minimum Gasteiger partial charge on any atom is -0.535 e. The smallest absolute Gasteiger partial charge is 0.535 e. The van der Waals surface area contributed by atoms with Gasteiger partial charge in [-0.15, -0.1) is 0 Å². The van der Waals surface area contributed by atoms with Crippen molar-refractivity contribution in [2.24, 2.45) is 0 Å². The van der Waals surface area contributed by atoms with Crippen LogP contribution < -0.4 is 15.3 Å². The van der Waals surface area contributed by atoms with E-state index in [0.29, 0.717) is 16.8 Å². The average molecular weight is 369 g/mol. The maximum Gasteiger partial charge on any atom is 0.588 e. The molecule has 3 aromatic rings. The highest BCUT2D eigenvalue weighted by Crippen LogP contribution is 2.31. The fourth-order valence-corrected chi connectivity index (χ4v) is 3.57. The molecule has 0 aliphatic rings. The van der Waals surface area contributed by atoms with Crippen LogP contribution in [0.3, 0.4) is 0 Å². The molecule has 2 N–H and O–H groups in total. The van der Waals surface area contributed by atoms with Crippen molar-refractivity contribution in [3.63, 3.8) is 0 Å². The summed E-state index contributed by atoms with van der Waals surface area (Å²) in [6.45, 7) is 0. The second-order valence-electron chi connectivity index (χ2n) is 5.83. The molecule has 0 saturated carbocycles. The molecule has 0 fully saturated rings. The van der Waals surface area contributed by atoms with E-state index in [4.69, 9.17) is 14.5 Å². The Morgan fingerprint density at radius 1 is 0.923 bits per heavy atom. The molecule has 8 heteroatoms. The number of para-hydroxylation sites is 2. The second kappa shape index (κ2) is 7.27. The fourth-order valence-electron chi connectivity index (χ4n) is 2.64. The monoisotopic (exact) mass is 369 g/mol. The highest BCUT2D eigenvalue weighted by atomic mass is 32.2. The molecule has 0 unspecified atom stereocenters. The summed E-state index contributed by atoms with van der Waals surface area (Å²) in [5.41, 5.74) is 7.04. The SMILES string of the molecule is CN(C)c1cccc2c(S(=O)(=O)O[B]Oc3ccccc3N)cccc12. The van der Waals surface area contributed by atoms with Gasteiger partial charge in [0.2, 0.25) is 0 Å². The predicted molar refractivity (Wildman–Crippen MR) is 104 cm³/mol. The molecule has 0 aliphatic carbocycles. The van der Waals surface area contributed by atoms with Gasteiger partial charge in [0.25, 0.3) is 10.1 Å². The third-order valence-electron chi connectivity index (χ3n) is 3.87. The van der Waals surface area contributed by atoms with Crippen LogP contribution >= 0.6 is 0 Å². The normalized spacial score (nSPS) is 11.3. The first kappa shape index (κ1) is 18.1. The van der Waals surface area contributed by atoms with Gasteiger partial charge in [-0.2, -0.15) is 8.42 Å². The van der Waals surface area contributed by atoms with Crippen LogP contribution in [0.5, 0.6) is 5.75 Å². The molecule has 0 heterocycles. The first-order valence-corrected chi connectivity index (χ1v) is 9.26. The maximum atomic E-state index is 12.6. The summed E-state index contributed by atoms with van der Waals surface area (Å²) in [4.78, 5) is 1.99. The minimum absolute atomic E-state index is 0.0691. The van der Waals surface area contributed by atoms with Crippen molar-refractivity contribution in [3.8, 4) is 5.75 Å². The largest absolute Gasteiger partial charge is 0.588 e. The lowest BCUT2D eigenvalue weighted by Crippen LogP contribution is -2.16. The van der Waals surface area contributed by atoms with Crippen molar-refractivity contribution in [1.29, 1.82) is 0 Å². The van der Waals surface area contributed by atoms with E-state index >= 15 is 0 Å². The van der Waals surface area contributed by atoms with Crippen molar-refractivity contribution in [2.75, 3.05) is 24.7 Å². The number of nitrogens with two attached hydrogens (primary N) is 1. The summed E-state index contributed by atoms with van der Waals surface area (Å²) < 4.78 is 35.4. The fraction of sp³-hybridized carbons (Fsp3) is 0.111. The quantitative estimate of drug-likeness (QED) is 0.532. The summed E-state index contributed by atoms with van der Waals surface area (Å²) in [5, 5.41) is 1.39. The number of benzene rings is 3. The van der Waals surface area contributed by atoms with Crippen molar-refractivity contribution in [2.45, 2.75) is 4.90 Å². The van der Waals surface area contributed by atoms with Crippen LogP contribution in [0.15, 0.2) is 65.6 Å². The zero-order chi connectivity index (χ0) is 18.7. The maximum absolute atomic E-state index is 12.6. The van der Waals surface area contributed by atoms with E-state index in [9.17, 15) is 8.42 Å². The Labute approximate surface area is 153 Å². The highest BCUT2D eigenvalue weighted by molar-refractivity contribution is 7.87. The van der Waals surface area contributed by atoms with E-state index in [1.54, 1.807) is 36.4 Å². The van der Waals surface area contributed by atoms with Crippen LogP contribution in [0, 0.1) is 0 Å². The van der Waals surface area contributed by atoms with Crippen LogP contribution in [0.25, 0.3) is 10.8 Å². The Hall–Kier alpha value is -2.71. The number of nitrogens with zero attached hydrogens (tertiary/aromatic N) is 1. The number of fused-ring (bicyclic) bond motifs is 1. The van der Waals surface area contributed by atoms with Gasteiger partial charge in [0.05, 0.1) is 5.69 Å². The van der Waals surface area contributed by atoms with Gasteiger partial charge >= 0.3 is 7.69 Å². The number of rotatable bonds is 6. The lowest BCUT2D eigenvalue weighted by atomic mass is 10.1. The molecular weight excluding hydrogens is 351 g/mol. The Kier molecular flexibility index (Phi) is 5.06. The summed E-state index contributed by atoms with van der Waals surface area (Å²) in [6.07, 6.45) is 0. The number of hydrogen-bond acceptors (Lipinski definition) is 6. The number of anilines is 2. The highest BCUT2D eigenvalue weighted by Gasteiger charge is 2.21. The van der Waals surface area contributed by atoms with Crippen LogP contribution in [0.2, 0.25) is 0 Å². The van der Waals surface area contributed by atoms with Gasteiger partial charge in [-0.1, -0.05) is 36.4 Å². The number of nitrogen functional groups attached to an aromatic ring is 1. The lowest BCUT2D eigenvalue weighted by Gasteiger charge is -2.16. The van der Waals surface area contributed by atoms with Crippen LogP contribution in [-0.2, 0) is 14.2 Å². The molecule has 0 spiro atoms. The minimum atomic E-state index is -4.05. The van der Waals surface area contributed by atoms with E-state index < -0.39 is 10.1 Å². The van der Waals surface area contributed by atoms with E-state index in [0.717, 1.165) is 18.8 Å². The summed E-state index contributed by atoms with van der Waals surface area (Å²) in [5.74, 6) is 0.315. The molecule has 0 atom stereocenters. The number of hydrogen-bond donors (Lipinski definition) is 1.